The standard InChI is InChI=1S/C49H56F2N4O5/c1-29-37(11-5-13-43(29)50)45-39(47(58)31-7-3-9-35(56)23-31)25-54(21-17-33-15-19-52-33)27-41(45)49(60)42-28-55(22-18-34-16-20-53-34)26-40(48(59)32-8-4-10-36(57)24-32)46(42)38-12-6-14-44(51)30(38)2/h3-14,23-24,33-34,39-42,45-46,52-53,56-57H,15-22,25-28H2,1-2H3. The summed E-state index contributed by atoms with van der Waals surface area (Å²) in [6.07, 6.45) is 3.75. The minimum atomic E-state index is -0.800. The van der Waals surface area contributed by atoms with Crippen LogP contribution in [0.5, 0.6) is 11.5 Å². The first-order valence-electron chi connectivity index (χ1n) is 21.6. The fraction of sp³-hybridized carbons (Fsp3) is 0.449. The number of phenols is 2. The summed E-state index contributed by atoms with van der Waals surface area (Å²) in [6, 6.07) is 22.8. The lowest BCUT2D eigenvalue weighted by molar-refractivity contribution is -0.133. The van der Waals surface area contributed by atoms with Crippen molar-refractivity contribution >= 4 is 17.3 Å². The molecule has 0 bridgehead atoms. The number of Topliss-reactive ketones (excluding diaryl/α,β-unsaturated/α-hetero) is 3. The quantitative estimate of drug-likeness (QED) is 0.102. The molecule has 8 rings (SSSR count). The highest BCUT2D eigenvalue weighted by Gasteiger charge is 2.52. The Balaban J connectivity index is 1.27. The number of nitrogens with one attached hydrogen (secondary N) is 2. The van der Waals surface area contributed by atoms with Crippen LogP contribution in [-0.4, -0.2) is 102 Å². The van der Waals surface area contributed by atoms with E-state index in [1.54, 1.807) is 50.2 Å². The summed E-state index contributed by atoms with van der Waals surface area (Å²) in [6.45, 7) is 7.85. The van der Waals surface area contributed by atoms with Gasteiger partial charge in [-0.2, -0.15) is 0 Å². The number of hydrogen-bond acceptors (Lipinski definition) is 9. The number of likely N-dealkylation sites (tertiary alicyclic amines) is 2. The van der Waals surface area contributed by atoms with E-state index in [9.17, 15) is 19.8 Å². The van der Waals surface area contributed by atoms with Crippen LogP contribution in [0.1, 0.15) is 80.5 Å². The molecule has 316 valence electrons. The van der Waals surface area contributed by atoms with E-state index in [0.29, 0.717) is 84.7 Å². The van der Waals surface area contributed by atoms with E-state index in [2.05, 4.69) is 20.4 Å². The smallest absolute Gasteiger partial charge is 0.167 e. The second kappa shape index (κ2) is 18.0. The zero-order valence-corrected chi connectivity index (χ0v) is 34.5. The van der Waals surface area contributed by atoms with Crippen LogP contribution < -0.4 is 10.6 Å². The molecule has 0 aliphatic carbocycles. The molecule has 4 aliphatic rings. The third-order valence-corrected chi connectivity index (χ3v) is 14.0. The molecule has 4 N–H and O–H groups in total. The van der Waals surface area contributed by atoms with Crippen LogP contribution in [0.3, 0.4) is 0 Å². The molecule has 0 amide bonds. The van der Waals surface area contributed by atoms with Crippen molar-refractivity contribution in [2.24, 2.45) is 23.7 Å². The van der Waals surface area contributed by atoms with Gasteiger partial charge in [-0.25, -0.2) is 8.78 Å². The Morgan fingerprint density at radius 3 is 1.35 bits per heavy atom. The van der Waals surface area contributed by atoms with E-state index >= 15 is 13.6 Å². The lowest BCUT2D eigenvalue weighted by atomic mass is 9.62. The molecule has 0 aromatic heterocycles. The van der Waals surface area contributed by atoms with Gasteiger partial charge in [-0.15, -0.1) is 0 Å². The van der Waals surface area contributed by atoms with Crippen molar-refractivity contribution in [1.29, 1.82) is 0 Å². The molecular formula is C49H56F2N4O5. The SMILES string of the molecule is Cc1c(F)cccc1C1C(C(=O)c2cccc(O)c2)CN(CCC2CCN2)CC1C(=O)C1CN(CCC2CCN2)CC(C(=O)c2cccc(O)c2)C1c1cccc(F)c1C. The number of aromatic hydroxyl groups is 2. The first kappa shape index (κ1) is 41.9. The van der Waals surface area contributed by atoms with Crippen molar-refractivity contribution in [3.05, 3.63) is 130 Å². The Hall–Kier alpha value is -4.81. The van der Waals surface area contributed by atoms with Gasteiger partial charge in [0.15, 0.2) is 11.6 Å². The Morgan fingerprint density at radius 1 is 0.600 bits per heavy atom. The number of nitrogens with zero attached hydrogens (tertiary/aromatic N) is 2. The van der Waals surface area contributed by atoms with Crippen molar-refractivity contribution in [1.82, 2.24) is 20.4 Å². The first-order chi connectivity index (χ1) is 29.0. The maximum Gasteiger partial charge on any atom is 0.167 e. The van der Waals surface area contributed by atoms with Gasteiger partial charge < -0.3 is 30.6 Å². The Bertz CT molecular complexity index is 2070. The third kappa shape index (κ3) is 8.68. The Labute approximate surface area is 351 Å². The van der Waals surface area contributed by atoms with E-state index in [-0.39, 0.29) is 28.8 Å². The normalized spacial score (nSPS) is 27.1. The van der Waals surface area contributed by atoms with Crippen LogP contribution in [0.25, 0.3) is 0 Å². The van der Waals surface area contributed by atoms with E-state index in [1.807, 2.05) is 12.1 Å². The summed E-state index contributed by atoms with van der Waals surface area (Å²) in [4.78, 5) is 50.3. The zero-order chi connectivity index (χ0) is 42.1. The lowest BCUT2D eigenvalue weighted by Crippen LogP contribution is -2.57. The van der Waals surface area contributed by atoms with E-state index in [1.165, 1.54) is 36.4 Å². The summed E-state index contributed by atoms with van der Waals surface area (Å²) < 4.78 is 31.3. The molecule has 0 saturated carbocycles. The highest BCUT2D eigenvalue weighted by molar-refractivity contribution is 6.01. The van der Waals surface area contributed by atoms with E-state index < -0.39 is 47.1 Å². The number of carbonyl (C=O) groups is 3. The molecule has 4 aromatic carbocycles. The molecule has 0 spiro atoms. The van der Waals surface area contributed by atoms with Gasteiger partial charge in [-0.05, 0) is 124 Å². The van der Waals surface area contributed by atoms with Gasteiger partial charge in [0.1, 0.15) is 28.9 Å². The largest absolute Gasteiger partial charge is 0.508 e. The minimum absolute atomic E-state index is 0.0502. The summed E-state index contributed by atoms with van der Waals surface area (Å²) >= 11 is 0. The minimum Gasteiger partial charge on any atom is -0.508 e. The summed E-state index contributed by atoms with van der Waals surface area (Å²) in [5, 5.41) is 27.9. The van der Waals surface area contributed by atoms with Crippen LogP contribution in [0.15, 0.2) is 84.9 Å². The van der Waals surface area contributed by atoms with Crippen molar-refractivity contribution in [2.75, 3.05) is 52.4 Å². The number of hydrogen-bond donors (Lipinski definition) is 4. The maximum atomic E-state index is 16.2. The predicted octanol–water partition coefficient (Wildman–Crippen LogP) is 6.80. The molecule has 8 unspecified atom stereocenters. The number of ketones is 3. The van der Waals surface area contributed by atoms with Crippen LogP contribution >= 0.6 is 0 Å². The van der Waals surface area contributed by atoms with Crippen molar-refractivity contribution in [3.8, 4) is 11.5 Å². The van der Waals surface area contributed by atoms with Crippen LogP contribution in [-0.2, 0) is 4.79 Å². The van der Waals surface area contributed by atoms with Gasteiger partial charge in [-0.3, -0.25) is 14.4 Å². The second-order valence-corrected chi connectivity index (χ2v) is 17.6. The lowest BCUT2D eigenvalue weighted by Gasteiger charge is -2.48. The number of phenolic OH excluding ortho intramolecular Hbond substituents is 2. The van der Waals surface area contributed by atoms with Crippen LogP contribution in [0.4, 0.5) is 8.78 Å². The molecule has 60 heavy (non-hydrogen) atoms. The van der Waals surface area contributed by atoms with Crippen LogP contribution in [0, 0.1) is 49.2 Å². The molecule has 4 fully saturated rings. The third-order valence-electron chi connectivity index (χ3n) is 14.0. The van der Waals surface area contributed by atoms with Crippen molar-refractivity contribution in [2.45, 2.75) is 63.5 Å². The van der Waals surface area contributed by atoms with Crippen molar-refractivity contribution in [3.63, 3.8) is 0 Å². The fourth-order valence-corrected chi connectivity index (χ4v) is 10.4. The Kier molecular flexibility index (Phi) is 12.6. The summed E-state index contributed by atoms with van der Waals surface area (Å²) in [5.74, 6) is -6.19. The monoisotopic (exact) mass is 818 g/mol. The molecule has 9 nitrogen and oxygen atoms in total. The van der Waals surface area contributed by atoms with E-state index in [0.717, 1.165) is 38.8 Å². The van der Waals surface area contributed by atoms with Gasteiger partial charge in [-0.1, -0.05) is 48.5 Å². The van der Waals surface area contributed by atoms with Gasteiger partial charge >= 0.3 is 0 Å². The number of halogens is 2. The number of rotatable bonds is 14. The molecule has 4 aromatic rings. The Morgan fingerprint density at radius 2 is 0.983 bits per heavy atom. The summed E-state index contributed by atoms with van der Waals surface area (Å²) in [7, 11) is 0. The second-order valence-electron chi connectivity index (χ2n) is 17.6. The van der Waals surface area contributed by atoms with Crippen LogP contribution in [0.2, 0.25) is 0 Å². The number of piperidine rings is 2. The molecule has 4 heterocycles. The molecule has 4 aliphatic heterocycles. The number of benzene rings is 4. The predicted molar refractivity (Wildman–Crippen MR) is 227 cm³/mol. The fourth-order valence-electron chi connectivity index (χ4n) is 10.4. The summed E-state index contributed by atoms with van der Waals surface area (Å²) in [5.41, 5.74) is 2.53. The average Bonchev–Trinajstić information content (AvgIpc) is 3.20. The zero-order valence-electron chi connectivity index (χ0n) is 34.5. The van der Waals surface area contributed by atoms with Gasteiger partial charge in [0.2, 0.25) is 0 Å². The highest BCUT2D eigenvalue weighted by Crippen LogP contribution is 2.48. The molecule has 0 radical (unpaired) electrons. The molecule has 8 atom stereocenters. The van der Waals surface area contributed by atoms with Crippen molar-refractivity contribution < 1.29 is 33.4 Å². The van der Waals surface area contributed by atoms with Gasteiger partial charge in [0.25, 0.3) is 0 Å². The molecule has 11 heteroatoms. The van der Waals surface area contributed by atoms with E-state index in [4.69, 9.17) is 0 Å². The first-order valence-corrected chi connectivity index (χ1v) is 21.6. The number of carbonyl (C=O) groups excluding carboxylic acids is 3. The average molecular weight is 819 g/mol. The van der Waals surface area contributed by atoms with Gasteiger partial charge in [0.05, 0.1) is 0 Å². The van der Waals surface area contributed by atoms with Gasteiger partial charge in [0, 0.05) is 84.9 Å². The topological polar surface area (TPSA) is 122 Å². The maximum absolute atomic E-state index is 16.2. The highest BCUT2D eigenvalue weighted by atomic mass is 19.1. The molecule has 4 saturated heterocycles. The molecular weight excluding hydrogens is 763 g/mol.